The van der Waals surface area contributed by atoms with Gasteiger partial charge in [0.2, 0.25) is 0 Å². The van der Waals surface area contributed by atoms with E-state index in [9.17, 15) is 0 Å². The van der Waals surface area contributed by atoms with Crippen LogP contribution in [0.25, 0.3) is 44.4 Å². The maximum absolute atomic E-state index is 6.56. The van der Waals surface area contributed by atoms with Gasteiger partial charge in [-0.2, -0.15) is 5.10 Å². The Morgan fingerprint density at radius 1 is 0.689 bits per heavy atom. The molecule has 3 heterocycles. The Morgan fingerprint density at radius 3 is 2.20 bits per heavy atom. The van der Waals surface area contributed by atoms with Crippen LogP contribution in [0.2, 0.25) is 0 Å². The van der Waals surface area contributed by atoms with E-state index in [1.54, 1.807) is 0 Å². The molecule has 0 amide bonds. The van der Waals surface area contributed by atoms with Gasteiger partial charge in [0.1, 0.15) is 17.3 Å². The van der Waals surface area contributed by atoms with E-state index < -0.39 is 0 Å². The van der Waals surface area contributed by atoms with Crippen molar-refractivity contribution in [2.75, 3.05) is 0 Å². The quantitative estimate of drug-likeness (QED) is 0.194. The highest BCUT2D eigenvalue weighted by Crippen LogP contribution is 2.37. The first kappa shape index (κ1) is 28.6. The van der Waals surface area contributed by atoms with Gasteiger partial charge in [-0.1, -0.05) is 25.1 Å². The van der Waals surface area contributed by atoms with Crippen LogP contribution >= 0.6 is 0 Å². The molecule has 0 bridgehead atoms. The van der Waals surface area contributed by atoms with Crippen molar-refractivity contribution >= 4 is 21.8 Å². The van der Waals surface area contributed by atoms with Crippen LogP contribution in [0.1, 0.15) is 45.9 Å². The number of aromatic nitrogens is 4. The van der Waals surface area contributed by atoms with Gasteiger partial charge in [-0.3, -0.25) is 4.57 Å². The highest BCUT2D eigenvalue weighted by molar-refractivity contribution is 6.09. The third-order valence-corrected chi connectivity index (χ3v) is 9.50. The standard InChI is InChI=1S/C40H38N4O/c1-8-30-15-16-41-39(19-30)44-37-12-10-9-11-35(37)36-14-13-33(21-38(36)44)45-34-18-24(2)17-32(20-34)43-23-31(22-42-43)40-28(6)26(4)25(3)27(5)29(40)7/h9-23H,8H2,1-7H3. The summed E-state index contributed by atoms with van der Waals surface area (Å²) in [5.41, 5.74) is 14.6. The van der Waals surface area contributed by atoms with Crippen molar-refractivity contribution in [1.29, 1.82) is 0 Å². The molecule has 0 unspecified atom stereocenters. The van der Waals surface area contributed by atoms with E-state index in [-0.39, 0.29) is 0 Å². The number of ether oxygens (including phenoxy) is 1. The largest absolute Gasteiger partial charge is 0.457 e. The molecule has 3 aromatic heterocycles. The van der Waals surface area contributed by atoms with Crippen LogP contribution in [0, 0.1) is 41.5 Å². The number of benzene rings is 4. The number of fused-ring (bicyclic) bond motifs is 3. The third-order valence-electron chi connectivity index (χ3n) is 9.50. The van der Waals surface area contributed by atoms with E-state index in [2.05, 4.69) is 132 Å². The second kappa shape index (κ2) is 11.1. The first-order valence-corrected chi connectivity index (χ1v) is 15.6. The molecule has 4 aromatic carbocycles. The molecule has 7 rings (SSSR count). The van der Waals surface area contributed by atoms with Gasteiger partial charge >= 0.3 is 0 Å². The summed E-state index contributed by atoms with van der Waals surface area (Å²) >= 11 is 0. The molecule has 0 saturated heterocycles. The van der Waals surface area contributed by atoms with Crippen molar-refractivity contribution in [3.05, 3.63) is 130 Å². The van der Waals surface area contributed by atoms with Crippen molar-refractivity contribution in [3.63, 3.8) is 0 Å². The van der Waals surface area contributed by atoms with Crippen LogP contribution in [-0.2, 0) is 6.42 Å². The first-order chi connectivity index (χ1) is 21.7. The molecule has 224 valence electrons. The lowest BCUT2D eigenvalue weighted by Gasteiger charge is -2.17. The van der Waals surface area contributed by atoms with Crippen LogP contribution in [0.3, 0.4) is 0 Å². The van der Waals surface area contributed by atoms with Crippen LogP contribution in [0.5, 0.6) is 11.5 Å². The molecule has 0 aliphatic rings. The zero-order valence-electron chi connectivity index (χ0n) is 27.1. The van der Waals surface area contributed by atoms with Crippen molar-refractivity contribution in [1.82, 2.24) is 19.3 Å². The van der Waals surface area contributed by atoms with Gasteiger partial charge in [-0.05, 0) is 135 Å². The average Bonchev–Trinajstić information content (AvgIpc) is 3.66. The number of aryl methyl sites for hydroxylation is 2. The minimum Gasteiger partial charge on any atom is -0.457 e. The number of para-hydroxylation sites is 1. The van der Waals surface area contributed by atoms with Gasteiger partial charge < -0.3 is 4.74 Å². The predicted octanol–water partition coefficient (Wildman–Crippen LogP) is 10.2. The second-order valence-electron chi connectivity index (χ2n) is 12.2. The van der Waals surface area contributed by atoms with E-state index in [0.717, 1.165) is 51.6 Å². The summed E-state index contributed by atoms with van der Waals surface area (Å²) in [5.74, 6) is 2.45. The van der Waals surface area contributed by atoms with Crippen LogP contribution < -0.4 is 4.74 Å². The van der Waals surface area contributed by atoms with Gasteiger partial charge in [0.25, 0.3) is 0 Å². The molecule has 0 N–H and O–H groups in total. The molecule has 7 aromatic rings. The maximum atomic E-state index is 6.56. The highest BCUT2D eigenvalue weighted by Gasteiger charge is 2.17. The van der Waals surface area contributed by atoms with E-state index in [0.29, 0.717) is 0 Å². The predicted molar refractivity (Wildman–Crippen MR) is 185 cm³/mol. The summed E-state index contributed by atoms with van der Waals surface area (Å²) in [5, 5.41) is 7.15. The van der Waals surface area contributed by atoms with Gasteiger partial charge in [0, 0.05) is 40.9 Å². The molecule has 0 atom stereocenters. The Kier molecular flexibility index (Phi) is 7.04. The Balaban J connectivity index is 1.27. The summed E-state index contributed by atoms with van der Waals surface area (Å²) in [4.78, 5) is 4.76. The van der Waals surface area contributed by atoms with Crippen molar-refractivity contribution in [3.8, 4) is 34.1 Å². The van der Waals surface area contributed by atoms with Crippen molar-refractivity contribution in [2.24, 2.45) is 0 Å². The van der Waals surface area contributed by atoms with Gasteiger partial charge in [-0.15, -0.1) is 0 Å². The van der Waals surface area contributed by atoms with E-state index in [1.165, 1.54) is 49.7 Å². The van der Waals surface area contributed by atoms with Crippen molar-refractivity contribution in [2.45, 2.75) is 54.9 Å². The maximum Gasteiger partial charge on any atom is 0.137 e. The topological polar surface area (TPSA) is 44.9 Å². The van der Waals surface area contributed by atoms with Crippen molar-refractivity contribution < 1.29 is 4.74 Å². The second-order valence-corrected chi connectivity index (χ2v) is 12.2. The molecule has 0 fully saturated rings. The van der Waals surface area contributed by atoms with Gasteiger partial charge in [0.15, 0.2) is 0 Å². The molecule has 0 aliphatic heterocycles. The molecular weight excluding hydrogens is 552 g/mol. The lowest BCUT2D eigenvalue weighted by molar-refractivity contribution is 0.482. The molecule has 0 aliphatic carbocycles. The number of rotatable bonds is 6. The lowest BCUT2D eigenvalue weighted by Crippen LogP contribution is -1.99. The summed E-state index contributed by atoms with van der Waals surface area (Å²) in [6, 6.07) is 25.3. The van der Waals surface area contributed by atoms with Gasteiger partial charge in [0.05, 0.1) is 22.9 Å². The Labute approximate surface area is 264 Å². The highest BCUT2D eigenvalue weighted by atomic mass is 16.5. The molecule has 0 radical (unpaired) electrons. The van der Waals surface area contributed by atoms with Crippen LogP contribution in [0.4, 0.5) is 0 Å². The van der Waals surface area contributed by atoms with Gasteiger partial charge in [-0.25, -0.2) is 9.67 Å². The zero-order valence-corrected chi connectivity index (χ0v) is 27.1. The third kappa shape index (κ3) is 4.89. The first-order valence-electron chi connectivity index (χ1n) is 15.6. The van der Waals surface area contributed by atoms with Crippen LogP contribution in [-0.4, -0.2) is 19.3 Å². The number of nitrogens with zero attached hydrogens (tertiary/aromatic N) is 4. The Bertz CT molecular complexity index is 2220. The fourth-order valence-corrected chi connectivity index (χ4v) is 6.65. The number of hydrogen-bond donors (Lipinski definition) is 0. The molecular formula is C40H38N4O. The molecule has 0 spiro atoms. The molecule has 5 heteroatoms. The minimum absolute atomic E-state index is 0.768. The lowest BCUT2D eigenvalue weighted by atomic mass is 9.87. The Hall–Kier alpha value is -5.16. The smallest absolute Gasteiger partial charge is 0.137 e. The summed E-state index contributed by atoms with van der Waals surface area (Å²) in [7, 11) is 0. The molecule has 5 nitrogen and oxygen atoms in total. The van der Waals surface area contributed by atoms with E-state index in [4.69, 9.17) is 14.8 Å². The van der Waals surface area contributed by atoms with E-state index >= 15 is 0 Å². The van der Waals surface area contributed by atoms with E-state index in [1.807, 2.05) is 17.1 Å². The summed E-state index contributed by atoms with van der Waals surface area (Å²) < 4.78 is 10.7. The fourth-order valence-electron chi connectivity index (χ4n) is 6.65. The normalized spacial score (nSPS) is 11.5. The van der Waals surface area contributed by atoms with Crippen LogP contribution in [0.15, 0.2) is 91.4 Å². The molecule has 0 saturated carbocycles. The number of pyridine rings is 1. The minimum atomic E-state index is 0.768. The summed E-state index contributed by atoms with van der Waals surface area (Å²) in [6.45, 7) is 15.3. The average molecular weight is 591 g/mol. The molecule has 45 heavy (non-hydrogen) atoms. The fraction of sp³-hybridized carbons (Fsp3) is 0.200. The SMILES string of the molecule is CCc1ccnc(-n2c3ccccc3c3ccc(Oc4cc(C)cc(-n5cc(-c6c(C)c(C)c(C)c(C)c6C)cn5)c4)cc32)c1. The monoisotopic (exact) mass is 590 g/mol. The zero-order chi connectivity index (χ0) is 31.4. The number of hydrogen-bond acceptors (Lipinski definition) is 3. The Morgan fingerprint density at radius 2 is 1.42 bits per heavy atom. The summed E-state index contributed by atoms with van der Waals surface area (Å²) in [6.07, 6.45) is 6.95.